The number of unbranched alkanes of at least 4 members (excludes halogenated alkanes) is 1. The molecule has 0 amide bonds. The van der Waals surface area contributed by atoms with E-state index in [1.54, 1.807) is 0 Å². The highest BCUT2D eigenvalue weighted by Gasteiger charge is 2.36. The molecule has 4 unspecified atom stereocenters. The summed E-state index contributed by atoms with van der Waals surface area (Å²) in [5, 5.41) is 14.5. The first-order chi connectivity index (χ1) is 19.4. The molecule has 3 aromatic rings. The highest BCUT2D eigenvalue weighted by atomic mass is 16.1. The van der Waals surface area contributed by atoms with Crippen LogP contribution in [0.2, 0.25) is 0 Å². The van der Waals surface area contributed by atoms with E-state index in [2.05, 4.69) is 86.9 Å². The van der Waals surface area contributed by atoms with Gasteiger partial charge in [0.15, 0.2) is 5.82 Å². The number of nitrogens with one attached hydrogen (secondary N) is 1. The Morgan fingerprint density at radius 2 is 2.02 bits per heavy atom. The molecule has 3 heterocycles. The average Bonchev–Trinajstić information content (AvgIpc) is 3.59. The molecule has 2 aromatic heterocycles. The molecule has 1 fully saturated rings. The second kappa shape index (κ2) is 12.5. The standard InChI is InChI=1S/C32H45N7O/c1-5-6-14-27-21-38(29-24(4)11-8-7-9-15-28(29)23(2)3)31(40)39(27)22-32(16-18-33-19-17-32)26-13-10-12-25(20-26)30-34-36-37-35-30/h10,12-13,16,18-21,23-24,28-29H,5-9,11,14-15,17,22H2,1-4H3,(H,34,35,36,37). The molecular weight excluding hydrogens is 498 g/mol. The summed E-state index contributed by atoms with van der Waals surface area (Å²) in [6, 6.07) is 8.58. The van der Waals surface area contributed by atoms with Crippen LogP contribution in [0.3, 0.4) is 0 Å². The summed E-state index contributed by atoms with van der Waals surface area (Å²) >= 11 is 0. The zero-order chi connectivity index (χ0) is 28.1. The molecule has 4 atom stereocenters. The number of aromatic nitrogens is 6. The van der Waals surface area contributed by atoms with Gasteiger partial charge in [0.2, 0.25) is 0 Å². The molecule has 1 aromatic carbocycles. The van der Waals surface area contributed by atoms with Gasteiger partial charge in [-0.05, 0) is 71.9 Å². The number of hydrogen-bond donors (Lipinski definition) is 1. The topological polar surface area (TPSA) is 93.7 Å². The maximum atomic E-state index is 14.5. The van der Waals surface area contributed by atoms with Crippen molar-refractivity contribution in [1.29, 1.82) is 0 Å². The van der Waals surface area contributed by atoms with E-state index in [1.165, 1.54) is 32.1 Å². The lowest BCUT2D eigenvalue weighted by Crippen LogP contribution is -2.40. The lowest BCUT2D eigenvalue weighted by atomic mass is 9.75. The second-order valence-electron chi connectivity index (χ2n) is 12.4. The summed E-state index contributed by atoms with van der Waals surface area (Å²) in [4.78, 5) is 18.9. The van der Waals surface area contributed by atoms with Crippen LogP contribution < -0.4 is 5.69 Å². The Labute approximate surface area is 238 Å². The summed E-state index contributed by atoms with van der Waals surface area (Å²) in [5.74, 6) is 2.15. The number of aromatic amines is 1. The number of aryl methyl sites for hydroxylation is 1. The van der Waals surface area contributed by atoms with Gasteiger partial charge in [-0.25, -0.2) is 9.89 Å². The number of allylic oxidation sites excluding steroid dienone is 1. The smallest absolute Gasteiger partial charge is 0.295 e. The Balaban J connectivity index is 1.59. The number of aliphatic imine (C=N–C) groups is 1. The van der Waals surface area contributed by atoms with Crippen molar-refractivity contribution in [3.63, 3.8) is 0 Å². The number of nitrogens with zero attached hydrogens (tertiary/aromatic N) is 6. The fraction of sp³-hybridized carbons (Fsp3) is 0.594. The van der Waals surface area contributed by atoms with Gasteiger partial charge in [-0.3, -0.25) is 14.1 Å². The van der Waals surface area contributed by atoms with Crippen LogP contribution in [0.1, 0.15) is 96.4 Å². The molecule has 2 aliphatic rings. The number of rotatable bonds is 9. The summed E-state index contributed by atoms with van der Waals surface area (Å²) in [7, 11) is 0. The van der Waals surface area contributed by atoms with E-state index < -0.39 is 5.41 Å². The van der Waals surface area contributed by atoms with Crippen molar-refractivity contribution in [2.75, 3.05) is 0 Å². The number of H-pyrrole nitrogens is 1. The predicted molar refractivity (Wildman–Crippen MR) is 160 cm³/mol. The maximum Gasteiger partial charge on any atom is 0.328 e. The van der Waals surface area contributed by atoms with E-state index in [9.17, 15) is 4.79 Å². The Bertz CT molecular complexity index is 1370. The fourth-order valence-corrected chi connectivity index (χ4v) is 6.98. The van der Waals surface area contributed by atoms with Crippen molar-refractivity contribution in [2.45, 2.75) is 103 Å². The van der Waals surface area contributed by atoms with Crippen molar-refractivity contribution in [3.8, 4) is 11.4 Å². The third-order valence-electron chi connectivity index (χ3n) is 9.31. The quantitative estimate of drug-likeness (QED) is 0.333. The number of hydrogen-bond acceptors (Lipinski definition) is 5. The van der Waals surface area contributed by atoms with Crippen molar-refractivity contribution in [1.82, 2.24) is 29.8 Å². The van der Waals surface area contributed by atoms with Crippen molar-refractivity contribution >= 4 is 6.21 Å². The molecule has 0 saturated heterocycles. The lowest BCUT2D eigenvalue weighted by Gasteiger charge is -2.37. The molecule has 214 valence electrons. The van der Waals surface area contributed by atoms with Gasteiger partial charge in [0.1, 0.15) is 0 Å². The first-order valence-electron chi connectivity index (χ1n) is 15.3. The SMILES string of the molecule is CCCCc1cn(C2C(C)CCCCCC2C(C)C)c(=O)n1CC1(c2cccc(-c3nnn[nH]3)c2)C=CN=CC1. The fourth-order valence-electron chi connectivity index (χ4n) is 6.98. The third kappa shape index (κ3) is 5.77. The summed E-state index contributed by atoms with van der Waals surface area (Å²) in [5.41, 5.74) is 2.95. The molecule has 0 spiro atoms. The molecule has 1 aliphatic carbocycles. The van der Waals surface area contributed by atoms with Crippen molar-refractivity contribution in [3.05, 3.63) is 64.5 Å². The van der Waals surface area contributed by atoms with Crippen LogP contribution in [0.25, 0.3) is 11.4 Å². The van der Waals surface area contributed by atoms with Gasteiger partial charge in [-0.2, -0.15) is 0 Å². The van der Waals surface area contributed by atoms with Crippen LogP contribution in [-0.2, 0) is 18.4 Å². The van der Waals surface area contributed by atoms with Crippen LogP contribution in [-0.4, -0.2) is 36.0 Å². The van der Waals surface area contributed by atoms with Gasteiger partial charge in [-0.15, -0.1) is 5.10 Å². The monoisotopic (exact) mass is 543 g/mol. The van der Waals surface area contributed by atoms with Crippen LogP contribution in [0.4, 0.5) is 0 Å². The van der Waals surface area contributed by atoms with Gasteiger partial charge in [-0.1, -0.05) is 77.7 Å². The van der Waals surface area contributed by atoms with Crippen molar-refractivity contribution < 1.29 is 0 Å². The Morgan fingerprint density at radius 3 is 2.75 bits per heavy atom. The zero-order valence-corrected chi connectivity index (χ0v) is 24.6. The highest BCUT2D eigenvalue weighted by Crippen LogP contribution is 2.40. The molecule has 5 rings (SSSR count). The second-order valence-corrected chi connectivity index (χ2v) is 12.4. The minimum atomic E-state index is -0.397. The largest absolute Gasteiger partial charge is 0.328 e. The summed E-state index contributed by atoms with van der Waals surface area (Å²) in [6.07, 6.45) is 18.2. The normalized spacial score (nSPS) is 25.3. The molecule has 1 saturated carbocycles. The van der Waals surface area contributed by atoms with Crippen LogP contribution >= 0.6 is 0 Å². The average molecular weight is 544 g/mol. The minimum Gasteiger partial charge on any atom is -0.295 e. The van der Waals surface area contributed by atoms with E-state index in [-0.39, 0.29) is 11.7 Å². The minimum absolute atomic E-state index is 0.139. The van der Waals surface area contributed by atoms with Gasteiger partial charge in [0.25, 0.3) is 0 Å². The molecule has 0 radical (unpaired) electrons. The van der Waals surface area contributed by atoms with Gasteiger partial charge < -0.3 is 0 Å². The van der Waals surface area contributed by atoms with Crippen molar-refractivity contribution in [2.24, 2.45) is 22.7 Å². The Kier molecular flexibility index (Phi) is 8.81. The van der Waals surface area contributed by atoms with Crippen LogP contribution in [0.5, 0.6) is 0 Å². The molecule has 1 aliphatic heterocycles. The third-order valence-corrected chi connectivity index (χ3v) is 9.31. The van der Waals surface area contributed by atoms with E-state index in [4.69, 9.17) is 0 Å². The van der Waals surface area contributed by atoms with Crippen LogP contribution in [0, 0.1) is 17.8 Å². The van der Waals surface area contributed by atoms with Crippen LogP contribution in [0.15, 0.2) is 52.5 Å². The van der Waals surface area contributed by atoms with E-state index in [1.807, 2.05) is 24.5 Å². The first kappa shape index (κ1) is 28.2. The number of benzene rings is 1. The van der Waals surface area contributed by atoms with Gasteiger partial charge in [0, 0.05) is 47.9 Å². The first-order valence-corrected chi connectivity index (χ1v) is 15.3. The molecular formula is C32H45N7O. The molecule has 1 N–H and O–H groups in total. The molecule has 8 nitrogen and oxygen atoms in total. The molecule has 8 heteroatoms. The van der Waals surface area contributed by atoms with E-state index in [0.717, 1.165) is 42.5 Å². The Morgan fingerprint density at radius 1 is 1.18 bits per heavy atom. The number of imidazole rings is 1. The predicted octanol–water partition coefficient (Wildman–Crippen LogP) is 6.51. The summed E-state index contributed by atoms with van der Waals surface area (Å²) < 4.78 is 4.24. The molecule has 40 heavy (non-hydrogen) atoms. The highest BCUT2D eigenvalue weighted by molar-refractivity contribution is 5.65. The lowest BCUT2D eigenvalue weighted by molar-refractivity contribution is 0.150. The maximum absolute atomic E-state index is 14.5. The van der Waals surface area contributed by atoms with E-state index >= 15 is 0 Å². The Hall–Kier alpha value is -3.29. The zero-order valence-electron chi connectivity index (χ0n) is 24.6. The van der Waals surface area contributed by atoms with Gasteiger partial charge >= 0.3 is 5.69 Å². The van der Waals surface area contributed by atoms with E-state index in [0.29, 0.717) is 30.1 Å². The van der Waals surface area contributed by atoms with Gasteiger partial charge in [0.05, 0.1) is 0 Å². The molecule has 0 bridgehead atoms. The number of tetrazole rings is 1. The summed E-state index contributed by atoms with van der Waals surface area (Å²) in [6.45, 7) is 9.84.